The second kappa shape index (κ2) is 20.8. The van der Waals surface area contributed by atoms with Crippen molar-refractivity contribution in [3.05, 3.63) is 0 Å². The van der Waals surface area contributed by atoms with Gasteiger partial charge in [-0.2, -0.15) is 0 Å². The van der Waals surface area contributed by atoms with Crippen LogP contribution in [-0.2, 0) is 29.8 Å². The Morgan fingerprint density at radius 2 is 1.69 bits per heavy atom. The molecule has 5 heteroatoms. The van der Waals surface area contributed by atoms with Crippen molar-refractivity contribution in [2.45, 2.75) is 52.9 Å². The number of rotatable bonds is 7. The van der Waals surface area contributed by atoms with E-state index < -0.39 is 0 Å². The summed E-state index contributed by atoms with van der Waals surface area (Å²) in [4.78, 5) is 10.8. The quantitative estimate of drug-likeness (QED) is 0.411. The van der Waals surface area contributed by atoms with Gasteiger partial charge >= 0.3 is 56.4 Å². The molecule has 0 saturated heterocycles. The van der Waals surface area contributed by atoms with Crippen LogP contribution < -0.4 is 0 Å². The van der Waals surface area contributed by atoms with Crippen LogP contribution in [0, 0.1) is 0 Å². The van der Waals surface area contributed by atoms with Crippen LogP contribution in [0.4, 0.5) is 0 Å². The molecular formula is C11H25AlNiO3+2. The van der Waals surface area contributed by atoms with Gasteiger partial charge in [0.2, 0.25) is 0 Å². The van der Waals surface area contributed by atoms with Crippen molar-refractivity contribution in [1.82, 2.24) is 0 Å². The first kappa shape index (κ1) is 21.7. The summed E-state index contributed by atoms with van der Waals surface area (Å²) in [6.07, 6.45) is 5.15. The van der Waals surface area contributed by atoms with E-state index in [0.29, 0.717) is 13.0 Å². The maximum atomic E-state index is 10.8. The molecule has 98 valence electrons. The number of esters is 1. The van der Waals surface area contributed by atoms with Crippen LogP contribution in [-0.4, -0.2) is 35.8 Å². The third kappa shape index (κ3) is 23.9. The molecule has 0 fully saturated rings. The number of carbonyl (C=O) groups is 1. The molecule has 0 aromatic rings. The maximum absolute atomic E-state index is 10.8. The Labute approximate surface area is 121 Å². The van der Waals surface area contributed by atoms with Gasteiger partial charge in [-0.15, -0.1) is 0 Å². The molecule has 0 aliphatic carbocycles. The van der Waals surface area contributed by atoms with E-state index in [9.17, 15) is 4.79 Å². The van der Waals surface area contributed by atoms with Crippen LogP contribution in [0.25, 0.3) is 0 Å². The molecule has 0 unspecified atom stereocenters. The van der Waals surface area contributed by atoms with Crippen LogP contribution in [0.3, 0.4) is 0 Å². The summed E-state index contributed by atoms with van der Waals surface area (Å²) in [6, 6.07) is 0. The Balaban J connectivity index is -0.0000000712. The number of carbonyl (C=O) groups excluding carboxylic acids is 1. The third-order valence-electron chi connectivity index (χ3n) is 1.71. The Hall–Kier alpha value is 0.456. The summed E-state index contributed by atoms with van der Waals surface area (Å²) in [5, 5.41) is 0. The van der Waals surface area contributed by atoms with Gasteiger partial charge in [-0.1, -0.05) is 26.2 Å². The van der Waals surface area contributed by atoms with Crippen LogP contribution >= 0.6 is 0 Å². The molecule has 0 atom stereocenters. The van der Waals surface area contributed by atoms with Crippen molar-refractivity contribution in [3.63, 3.8) is 0 Å². The van der Waals surface area contributed by atoms with Crippen LogP contribution in [0.1, 0.15) is 55.7 Å². The van der Waals surface area contributed by atoms with Crippen LogP contribution in [0.5, 0.6) is 0 Å². The Morgan fingerprint density at radius 3 is 2.06 bits per heavy atom. The van der Waals surface area contributed by atoms with Crippen LogP contribution in [0.2, 0.25) is 0 Å². The molecule has 0 aliphatic rings. The minimum atomic E-state index is -0.0522. The van der Waals surface area contributed by atoms with Gasteiger partial charge in [-0.3, -0.25) is 4.79 Å². The molecule has 0 rings (SSSR count). The Kier molecular flexibility index (Phi) is 28.2. The van der Waals surface area contributed by atoms with E-state index in [1.807, 2.05) is 13.8 Å². The van der Waals surface area contributed by atoms with E-state index in [-0.39, 0.29) is 25.3 Å². The summed E-state index contributed by atoms with van der Waals surface area (Å²) in [5.74, 6) is -0.0522. The molecule has 3 nitrogen and oxygen atoms in total. The molecule has 0 radical (unpaired) electrons. The summed E-state index contributed by atoms with van der Waals surface area (Å²) < 4.78 is 9.24. The van der Waals surface area contributed by atoms with Crippen molar-refractivity contribution in [3.8, 4) is 0 Å². The van der Waals surface area contributed by atoms with Crippen molar-refractivity contribution in [1.29, 1.82) is 0 Å². The Bertz CT molecular complexity index is 141. The zero-order valence-corrected chi connectivity index (χ0v) is 12.7. The first-order valence-corrected chi connectivity index (χ1v) is 6.17. The predicted molar refractivity (Wildman–Crippen MR) is 65.0 cm³/mol. The molecule has 0 saturated carbocycles. The zero-order valence-electron chi connectivity index (χ0n) is 12.6. The van der Waals surface area contributed by atoms with Gasteiger partial charge < -0.3 is 7.59 Å². The van der Waals surface area contributed by atoms with Gasteiger partial charge in [-0.25, -0.2) is 0 Å². The predicted octanol–water partition coefficient (Wildman–Crippen LogP) is 2.85. The van der Waals surface area contributed by atoms with Crippen molar-refractivity contribution < 1.29 is 32.7 Å². The monoisotopic (exact) mass is 290 g/mol. The minimum Gasteiger partial charge on any atom is -1.00 e. The fraction of sp³-hybridized carbons (Fsp3) is 0.909. The second-order valence-electron chi connectivity index (χ2n) is 3.07. The maximum Gasteiger partial charge on any atom is 2.00 e. The van der Waals surface area contributed by atoms with Gasteiger partial charge in [0.15, 0.2) is 0 Å². The van der Waals surface area contributed by atoms with Crippen molar-refractivity contribution in [2.24, 2.45) is 0 Å². The molecule has 0 bridgehead atoms. The first-order valence-electron chi connectivity index (χ1n) is 5.70. The van der Waals surface area contributed by atoms with E-state index in [0.717, 1.165) is 19.4 Å². The summed E-state index contributed by atoms with van der Waals surface area (Å²) in [5.41, 5.74) is 0. The Morgan fingerprint density at radius 1 is 1.12 bits per heavy atom. The summed E-state index contributed by atoms with van der Waals surface area (Å²) in [6.45, 7) is 7.22. The fourth-order valence-electron chi connectivity index (χ4n) is 0.929. The number of hydrogen-bond donors (Lipinski definition) is 0. The van der Waals surface area contributed by atoms with Gasteiger partial charge in [0.05, 0.1) is 6.61 Å². The second-order valence-corrected chi connectivity index (χ2v) is 3.40. The normalized spacial score (nSPS) is 8.56. The number of ether oxygens (including phenoxy) is 1. The number of hydrogen-bond acceptors (Lipinski definition) is 3. The van der Waals surface area contributed by atoms with Crippen molar-refractivity contribution >= 4 is 22.6 Å². The van der Waals surface area contributed by atoms with Gasteiger partial charge in [0, 0.05) is 6.42 Å². The van der Waals surface area contributed by atoms with Gasteiger partial charge in [-0.05, 0) is 13.3 Å². The zero-order chi connectivity index (χ0) is 11.9. The summed E-state index contributed by atoms with van der Waals surface area (Å²) >= 11 is 2.16. The van der Waals surface area contributed by atoms with Gasteiger partial charge in [0.1, 0.15) is 0 Å². The fourth-order valence-corrected chi connectivity index (χ4v) is 0.929. The SMILES string of the molecule is CCCCCCC(=O)OCC.CC[O][Al+2].[H-].[H-].[Ni+2]. The van der Waals surface area contributed by atoms with Gasteiger partial charge in [0.25, 0.3) is 0 Å². The van der Waals surface area contributed by atoms with Crippen molar-refractivity contribution in [2.75, 3.05) is 13.2 Å². The molecule has 0 aliphatic heterocycles. The average Bonchev–Trinajstić information content (AvgIpc) is 2.25. The largest absolute Gasteiger partial charge is 2.00 e. The molecule has 0 aromatic heterocycles. The smallest absolute Gasteiger partial charge is 1.00 e. The first-order chi connectivity index (χ1) is 7.22. The van der Waals surface area contributed by atoms with E-state index >= 15 is 0 Å². The third-order valence-corrected chi connectivity index (χ3v) is 2.04. The van der Waals surface area contributed by atoms with E-state index in [4.69, 9.17) is 4.74 Å². The minimum absolute atomic E-state index is 0. The van der Waals surface area contributed by atoms with E-state index in [1.54, 1.807) is 0 Å². The molecule has 0 spiro atoms. The molecule has 16 heavy (non-hydrogen) atoms. The average molecular weight is 291 g/mol. The number of unbranched alkanes of at least 4 members (excludes halogenated alkanes) is 3. The van der Waals surface area contributed by atoms with Crippen LogP contribution in [0.15, 0.2) is 0 Å². The molecule has 0 amide bonds. The molecular weight excluding hydrogens is 266 g/mol. The molecule has 0 aromatic carbocycles. The van der Waals surface area contributed by atoms with E-state index in [2.05, 4.69) is 27.3 Å². The topological polar surface area (TPSA) is 35.5 Å². The summed E-state index contributed by atoms with van der Waals surface area (Å²) in [7, 11) is 0. The van der Waals surface area contributed by atoms with E-state index in [1.165, 1.54) is 12.8 Å². The molecule has 0 heterocycles. The molecule has 0 N–H and O–H groups in total. The standard InChI is InChI=1S/C9H18O2.C2H5O.Al.Ni.2H/c1-3-5-6-7-8-9(10)11-4-2;1-2-3;;;;/h3-8H2,1-2H3;2H2,1H3;;;;/q;-1;+3;+2;2*-1.